The van der Waals surface area contributed by atoms with E-state index in [1.165, 1.54) is 0 Å². The van der Waals surface area contributed by atoms with E-state index in [4.69, 9.17) is 13.9 Å². The first-order chi connectivity index (χ1) is 11.7. The summed E-state index contributed by atoms with van der Waals surface area (Å²) in [6, 6.07) is 3.83. The topological polar surface area (TPSA) is 64.8 Å². The van der Waals surface area contributed by atoms with E-state index < -0.39 is 0 Å². The van der Waals surface area contributed by atoms with Crippen LogP contribution < -0.4 is 0 Å². The lowest BCUT2D eigenvalue weighted by Gasteiger charge is -2.37. The molecule has 4 heterocycles. The summed E-state index contributed by atoms with van der Waals surface area (Å²) < 4.78 is 17.0. The Morgan fingerprint density at radius 1 is 1.33 bits per heavy atom. The number of aromatic nitrogens is 1. The van der Waals surface area contributed by atoms with Crippen LogP contribution in [0.15, 0.2) is 21.9 Å². The van der Waals surface area contributed by atoms with E-state index in [1.54, 1.807) is 18.3 Å². The highest BCUT2D eigenvalue weighted by molar-refractivity contribution is 7.13. The molecule has 2 aliphatic heterocycles. The molecule has 6 nitrogen and oxygen atoms in total. The third kappa shape index (κ3) is 2.87. The van der Waals surface area contributed by atoms with E-state index in [9.17, 15) is 4.79 Å². The molecule has 4 rings (SSSR count). The number of thiophene rings is 1. The van der Waals surface area contributed by atoms with Crippen LogP contribution in [0.3, 0.4) is 0 Å². The lowest BCUT2D eigenvalue weighted by atomic mass is 10.0. The van der Waals surface area contributed by atoms with Crippen molar-refractivity contribution in [2.75, 3.05) is 19.8 Å². The summed E-state index contributed by atoms with van der Waals surface area (Å²) in [7, 11) is 0. The van der Waals surface area contributed by atoms with Gasteiger partial charge >= 0.3 is 0 Å². The van der Waals surface area contributed by atoms with Crippen molar-refractivity contribution in [3.8, 4) is 10.8 Å². The molecule has 0 aromatic carbocycles. The first kappa shape index (κ1) is 15.8. The molecule has 0 saturated carbocycles. The number of hydrogen-bond donors (Lipinski definition) is 0. The number of piperidine rings is 1. The smallest absolute Gasteiger partial charge is 0.276 e. The van der Waals surface area contributed by atoms with Crippen molar-refractivity contribution < 1.29 is 18.7 Å². The molecule has 2 fully saturated rings. The summed E-state index contributed by atoms with van der Waals surface area (Å²) in [6.07, 6.45) is 2.64. The largest absolute Gasteiger partial charge is 0.440 e. The van der Waals surface area contributed by atoms with Crippen LogP contribution >= 0.6 is 11.3 Å². The maximum Gasteiger partial charge on any atom is 0.276 e. The van der Waals surface area contributed by atoms with E-state index in [0.29, 0.717) is 37.1 Å². The van der Waals surface area contributed by atoms with Crippen LogP contribution in [0.4, 0.5) is 0 Å². The van der Waals surface area contributed by atoms with E-state index in [1.807, 2.05) is 22.4 Å². The first-order valence-electron chi connectivity index (χ1n) is 8.29. The van der Waals surface area contributed by atoms with Gasteiger partial charge in [0.25, 0.3) is 5.91 Å². The highest BCUT2D eigenvalue weighted by Gasteiger charge is 2.38. The number of aryl methyl sites for hydroxylation is 1. The average Bonchev–Trinajstić information content (AvgIpc) is 3.35. The predicted molar refractivity (Wildman–Crippen MR) is 88.9 cm³/mol. The Balaban J connectivity index is 1.59. The van der Waals surface area contributed by atoms with Crippen molar-refractivity contribution in [2.45, 2.75) is 38.5 Å². The molecular weight excluding hydrogens is 328 g/mol. The molecule has 1 unspecified atom stereocenters. The minimum atomic E-state index is -0.321. The average molecular weight is 348 g/mol. The third-order valence-electron chi connectivity index (χ3n) is 4.50. The Labute approximate surface area is 144 Å². The van der Waals surface area contributed by atoms with E-state index in [2.05, 4.69) is 4.98 Å². The normalized spacial score (nSPS) is 22.2. The van der Waals surface area contributed by atoms with Crippen molar-refractivity contribution in [3.63, 3.8) is 0 Å². The Bertz CT molecular complexity index is 706. The second-order valence-electron chi connectivity index (χ2n) is 6.07. The molecule has 128 valence electrons. The fraction of sp³-hybridized carbons (Fsp3) is 0.529. The van der Waals surface area contributed by atoms with Crippen LogP contribution in [-0.4, -0.2) is 47.9 Å². The molecule has 7 heteroatoms. The Kier molecular flexibility index (Phi) is 4.39. The standard InChI is InChI=1S/C17H20N2O4S/c1-11-14(18-15(23-11)13-6-4-10-24-13)16(20)19-7-3-2-5-12(19)17-21-8-9-22-17/h4,6,10,12,17H,2-3,5,7-9H2,1H3. The zero-order valence-corrected chi connectivity index (χ0v) is 14.4. The highest BCUT2D eigenvalue weighted by Crippen LogP contribution is 2.29. The molecule has 0 radical (unpaired) electrons. The predicted octanol–water partition coefficient (Wildman–Crippen LogP) is 3.08. The van der Waals surface area contributed by atoms with Gasteiger partial charge < -0.3 is 18.8 Å². The van der Waals surface area contributed by atoms with Crippen LogP contribution in [0.1, 0.15) is 35.5 Å². The van der Waals surface area contributed by atoms with Crippen molar-refractivity contribution >= 4 is 17.2 Å². The number of rotatable bonds is 3. The van der Waals surface area contributed by atoms with Crippen LogP contribution in [0, 0.1) is 6.92 Å². The van der Waals surface area contributed by atoms with Gasteiger partial charge in [-0.05, 0) is 37.6 Å². The summed E-state index contributed by atoms with van der Waals surface area (Å²) in [5.41, 5.74) is 0.392. The molecule has 2 aromatic rings. The molecular formula is C17H20N2O4S. The zero-order chi connectivity index (χ0) is 16.5. The van der Waals surface area contributed by atoms with Gasteiger partial charge in [-0.3, -0.25) is 4.79 Å². The molecule has 0 bridgehead atoms. The van der Waals surface area contributed by atoms with Gasteiger partial charge in [-0.15, -0.1) is 11.3 Å². The van der Waals surface area contributed by atoms with Gasteiger partial charge in [0.05, 0.1) is 24.1 Å². The number of carbonyl (C=O) groups is 1. The zero-order valence-electron chi connectivity index (χ0n) is 13.6. The molecule has 0 spiro atoms. The SMILES string of the molecule is Cc1oc(-c2cccs2)nc1C(=O)N1CCCCC1C1OCCO1. The summed E-state index contributed by atoms with van der Waals surface area (Å²) >= 11 is 1.55. The van der Waals surface area contributed by atoms with Gasteiger partial charge in [0.1, 0.15) is 5.76 Å². The Morgan fingerprint density at radius 2 is 2.17 bits per heavy atom. The minimum Gasteiger partial charge on any atom is -0.440 e. The van der Waals surface area contributed by atoms with Crippen molar-refractivity contribution in [1.29, 1.82) is 0 Å². The molecule has 2 aliphatic rings. The molecule has 0 N–H and O–H groups in total. The highest BCUT2D eigenvalue weighted by atomic mass is 32.1. The number of hydrogen-bond acceptors (Lipinski definition) is 6. The quantitative estimate of drug-likeness (QED) is 0.853. The summed E-state index contributed by atoms with van der Waals surface area (Å²) in [4.78, 5) is 20.3. The Morgan fingerprint density at radius 3 is 2.92 bits per heavy atom. The lowest BCUT2D eigenvalue weighted by Crippen LogP contribution is -2.50. The van der Waals surface area contributed by atoms with Crippen LogP contribution in [0.2, 0.25) is 0 Å². The monoisotopic (exact) mass is 348 g/mol. The number of oxazole rings is 1. The molecule has 1 amide bonds. The van der Waals surface area contributed by atoms with Crippen molar-refractivity contribution in [1.82, 2.24) is 9.88 Å². The van der Waals surface area contributed by atoms with Crippen molar-refractivity contribution in [2.24, 2.45) is 0 Å². The number of amides is 1. The fourth-order valence-electron chi connectivity index (χ4n) is 3.33. The van der Waals surface area contributed by atoms with Crippen LogP contribution in [0.25, 0.3) is 10.8 Å². The first-order valence-corrected chi connectivity index (χ1v) is 9.17. The lowest BCUT2D eigenvalue weighted by molar-refractivity contribution is -0.100. The maximum absolute atomic E-state index is 13.1. The fourth-order valence-corrected chi connectivity index (χ4v) is 3.98. The van der Waals surface area contributed by atoms with Gasteiger partial charge in [-0.1, -0.05) is 6.07 Å². The second kappa shape index (κ2) is 6.66. The van der Waals surface area contributed by atoms with E-state index >= 15 is 0 Å². The Hall–Kier alpha value is -1.70. The summed E-state index contributed by atoms with van der Waals surface area (Å²) in [5, 5.41) is 1.96. The van der Waals surface area contributed by atoms with Crippen molar-refractivity contribution in [3.05, 3.63) is 29.0 Å². The molecule has 24 heavy (non-hydrogen) atoms. The van der Waals surface area contributed by atoms with Crippen LogP contribution in [-0.2, 0) is 9.47 Å². The maximum atomic E-state index is 13.1. The number of likely N-dealkylation sites (tertiary alicyclic amines) is 1. The van der Waals surface area contributed by atoms with Gasteiger partial charge in [-0.25, -0.2) is 4.98 Å². The molecule has 2 aromatic heterocycles. The molecule has 1 atom stereocenters. The number of carbonyl (C=O) groups excluding carboxylic acids is 1. The van der Waals surface area contributed by atoms with Gasteiger partial charge in [-0.2, -0.15) is 0 Å². The van der Waals surface area contributed by atoms with Gasteiger partial charge in [0.15, 0.2) is 12.0 Å². The van der Waals surface area contributed by atoms with Crippen LogP contribution in [0.5, 0.6) is 0 Å². The third-order valence-corrected chi connectivity index (χ3v) is 5.36. The summed E-state index contributed by atoms with van der Waals surface area (Å²) in [6.45, 7) is 3.68. The number of ether oxygens (including phenoxy) is 2. The van der Waals surface area contributed by atoms with E-state index in [-0.39, 0.29) is 18.2 Å². The molecule has 2 saturated heterocycles. The minimum absolute atomic E-state index is 0.0463. The van der Waals surface area contributed by atoms with E-state index in [0.717, 1.165) is 24.1 Å². The van der Waals surface area contributed by atoms with Gasteiger partial charge in [0.2, 0.25) is 5.89 Å². The second-order valence-corrected chi connectivity index (χ2v) is 7.02. The van der Waals surface area contributed by atoms with Gasteiger partial charge in [0, 0.05) is 6.54 Å². The molecule has 0 aliphatic carbocycles. The number of nitrogens with zero attached hydrogens (tertiary/aromatic N) is 2. The summed E-state index contributed by atoms with van der Waals surface area (Å²) in [5.74, 6) is 0.969.